The highest BCUT2D eigenvalue weighted by Gasteiger charge is 2.38. The summed E-state index contributed by atoms with van der Waals surface area (Å²) in [4.78, 5) is 18.3. The molecule has 0 unspecified atom stereocenters. The average molecular weight is 350 g/mol. The first-order valence-electron chi connectivity index (χ1n) is 7.85. The van der Waals surface area contributed by atoms with Crippen molar-refractivity contribution in [3.05, 3.63) is 65.0 Å². The number of amides is 1. The summed E-state index contributed by atoms with van der Waals surface area (Å²) in [5, 5.41) is 9.97. The number of likely N-dealkylation sites (tertiary alicyclic amines) is 1. The third-order valence-corrected chi connectivity index (χ3v) is 4.25. The van der Waals surface area contributed by atoms with Crippen LogP contribution in [-0.2, 0) is 6.18 Å². The molecule has 0 spiro atoms. The number of aliphatic hydroxyl groups is 1. The van der Waals surface area contributed by atoms with Gasteiger partial charge in [0.25, 0.3) is 5.91 Å². The van der Waals surface area contributed by atoms with Gasteiger partial charge in [0.1, 0.15) is 5.69 Å². The Bertz CT molecular complexity index is 792. The van der Waals surface area contributed by atoms with Crippen LogP contribution in [0.5, 0.6) is 0 Å². The molecular formula is C18H17F3N2O2. The maximum Gasteiger partial charge on any atom is 0.416 e. The second kappa shape index (κ2) is 6.48. The Labute approximate surface area is 142 Å². The molecule has 2 aromatic rings. The number of hydrogen-bond donors (Lipinski definition) is 1. The van der Waals surface area contributed by atoms with E-state index < -0.39 is 29.8 Å². The molecule has 25 heavy (non-hydrogen) atoms. The van der Waals surface area contributed by atoms with Gasteiger partial charge in [-0.3, -0.25) is 4.79 Å². The molecule has 0 bridgehead atoms. The first kappa shape index (κ1) is 17.4. The van der Waals surface area contributed by atoms with Gasteiger partial charge in [0.2, 0.25) is 0 Å². The van der Waals surface area contributed by atoms with Crippen LogP contribution in [0.15, 0.2) is 42.5 Å². The van der Waals surface area contributed by atoms with Crippen LogP contribution in [0.1, 0.15) is 39.8 Å². The Morgan fingerprint density at radius 1 is 1.24 bits per heavy atom. The van der Waals surface area contributed by atoms with Crippen LogP contribution >= 0.6 is 0 Å². The Hall–Kier alpha value is -2.41. The van der Waals surface area contributed by atoms with Crippen molar-refractivity contribution in [1.82, 2.24) is 9.88 Å². The van der Waals surface area contributed by atoms with Gasteiger partial charge in [0.15, 0.2) is 0 Å². The van der Waals surface area contributed by atoms with Gasteiger partial charge in [-0.15, -0.1) is 0 Å². The molecule has 1 aliphatic heterocycles. The second-order valence-electron chi connectivity index (χ2n) is 6.15. The van der Waals surface area contributed by atoms with E-state index in [-0.39, 0.29) is 18.7 Å². The van der Waals surface area contributed by atoms with Crippen molar-refractivity contribution >= 4 is 5.91 Å². The summed E-state index contributed by atoms with van der Waals surface area (Å²) in [5.74, 6) is -0.400. The largest absolute Gasteiger partial charge is 0.416 e. The summed E-state index contributed by atoms with van der Waals surface area (Å²) in [6, 6.07) is 9.27. The monoisotopic (exact) mass is 350 g/mol. The molecule has 7 heteroatoms. The van der Waals surface area contributed by atoms with Gasteiger partial charge < -0.3 is 10.0 Å². The molecule has 4 nitrogen and oxygen atoms in total. The standard InChI is InChI=1S/C18H17F3N2O2/c1-11-4-2-7-15(22-11)17(25)23-10-14(24)9-16(23)12-5-3-6-13(8-12)18(19,20)21/h2-8,14,16,24H,9-10H2,1H3/t14-,16+/m1/s1. The molecule has 0 radical (unpaired) electrons. The molecule has 1 aromatic heterocycles. The smallest absolute Gasteiger partial charge is 0.391 e. The minimum absolute atomic E-state index is 0.0648. The van der Waals surface area contributed by atoms with E-state index in [4.69, 9.17) is 0 Å². The van der Waals surface area contributed by atoms with Crippen molar-refractivity contribution in [2.75, 3.05) is 6.54 Å². The van der Waals surface area contributed by atoms with Gasteiger partial charge in [-0.05, 0) is 43.2 Å². The molecule has 1 saturated heterocycles. The van der Waals surface area contributed by atoms with E-state index in [0.29, 0.717) is 11.3 Å². The lowest BCUT2D eigenvalue weighted by atomic mass is 10.0. The van der Waals surface area contributed by atoms with Crippen LogP contribution in [0.3, 0.4) is 0 Å². The predicted octanol–water partition coefficient (Wildman–Crippen LogP) is 3.36. The lowest BCUT2D eigenvalue weighted by Gasteiger charge is -2.25. The quantitative estimate of drug-likeness (QED) is 0.904. The number of carbonyl (C=O) groups excluding carboxylic acids is 1. The number of halogens is 3. The van der Waals surface area contributed by atoms with Crippen LogP contribution in [0, 0.1) is 6.92 Å². The minimum Gasteiger partial charge on any atom is -0.391 e. The number of carbonyl (C=O) groups is 1. The molecule has 132 valence electrons. The molecule has 1 fully saturated rings. The van der Waals surface area contributed by atoms with E-state index in [1.807, 2.05) is 0 Å². The van der Waals surface area contributed by atoms with E-state index in [2.05, 4.69) is 4.98 Å². The molecule has 1 amide bonds. The third-order valence-electron chi connectivity index (χ3n) is 4.25. The molecule has 2 atom stereocenters. The van der Waals surface area contributed by atoms with Crippen LogP contribution < -0.4 is 0 Å². The fraction of sp³-hybridized carbons (Fsp3) is 0.333. The Kier molecular flexibility index (Phi) is 4.51. The van der Waals surface area contributed by atoms with Crippen molar-refractivity contribution in [2.24, 2.45) is 0 Å². The van der Waals surface area contributed by atoms with Gasteiger partial charge in [0, 0.05) is 12.2 Å². The SMILES string of the molecule is Cc1cccc(C(=O)N2C[C@H](O)C[C@H]2c2cccc(C(F)(F)F)c2)n1. The second-order valence-corrected chi connectivity index (χ2v) is 6.15. The fourth-order valence-corrected chi connectivity index (χ4v) is 3.09. The number of aryl methyl sites for hydroxylation is 1. The number of hydrogen-bond acceptors (Lipinski definition) is 3. The van der Waals surface area contributed by atoms with E-state index in [0.717, 1.165) is 12.1 Å². The molecule has 1 aromatic carbocycles. The molecule has 0 saturated carbocycles. The van der Waals surface area contributed by atoms with Gasteiger partial charge in [-0.1, -0.05) is 18.2 Å². The molecule has 1 aliphatic rings. The number of benzene rings is 1. The van der Waals surface area contributed by atoms with E-state index in [9.17, 15) is 23.1 Å². The van der Waals surface area contributed by atoms with Crippen molar-refractivity contribution in [3.63, 3.8) is 0 Å². The lowest BCUT2D eigenvalue weighted by molar-refractivity contribution is -0.137. The van der Waals surface area contributed by atoms with Crippen molar-refractivity contribution in [1.29, 1.82) is 0 Å². The van der Waals surface area contributed by atoms with Crippen molar-refractivity contribution in [2.45, 2.75) is 31.7 Å². The third kappa shape index (κ3) is 3.66. The number of pyridine rings is 1. The fourth-order valence-electron chi connectivity index (χ4n) is 3.09. The highest BCUT2D eigenvalue weighted by atomic mass is 19.4. The summed E-state index contributed by atoms with van der Waals surface area (Å²) >= 11 is 0. The summed E-state index contributed by atoms with van der Waals surface area (Å²) in [5.41, 5.74) is 0.465. The maximum absolute atomic E-state index is 13.0. The van der Waals surface area contributed by atoms with E-state index in [1.165, 1.54) is 11.0 Å². The number of alkyl halides is 3. The molecular weight excluding hydrogens is 333 g/mol. The van der Waals surface area contributed by atoms with Gasteiger partial charge in [-0.2, -0.15) is 13.2 Å². The zero-order chi connectivity index (χ0) is 18.2. The number of aliphatic hydroxyl groups excluding tert-OH is 1. The van der Waals surface area contributed by atoms with Crippen molar-refractivity contribution < 1.29 is 23.1 Å². The summed E-state index contributed by atoms with van der Waals surface area (Å²) in [6.45, 7) is 1.81. The molecule has 3 rings (SSSR count). The molecule has 0 aliphatic carbocycles. The maximum atomic E-state index is 13.0. The zero-order valence-corrected chi connectivity index (χ0v) is 13.5. The Morgan fingerprint density at radius 3 is 2.64 bits per heavy atom. The average Bonchev–Trinajstić information content (AvgIpc) is 2.95. The minimum atomic E-state index is -4.46. The predicted molar refractivity (Wildman–Crippen MR) is 84.8 cm³/mol. The number of aromatic nitrogens is 1. The zero-order valence-electron chi connectivity index (χ0n) is 13.5. The number of β-amino-alcohol motifs (C(OH)–C–C–N with tert-alkyl or cyclic N) is 1. The van der Waals surface area contributed by atoms with Crippen LogP contribution in [-0.4, -0.2) is 33.5 Å². The number of rotatable bonds is 2. The summed E-state index contributed by atoms with van der Waals surface area (Å²) < 4.78 is 38.9. The summed E-state index contributed by atoms with van der Waals surface area (Å²) in [7, 11) is 0. The summed E-state index contributed by atoms with van der Waals surface area (Å²) in [6.07, 6.45) is -5.05. The Balaban J connectivity index is 1.94. The topological polar surface area (TPSA) is 53.4 Å². The molecule has 1 N–H and O–H groups in total. The van der Waals surface area contributed by atoms with Gasteiger partial charge in [-0.25, -0.2) is 4.98 Å². The van der Waals surface area contributed by atoms with Crippen LogP contribution in [0.25, 0.3) is 0 Å². The first-order valence-corrected chi connectivity index (χ1v) is 7.85. The van der Waals surface area contributed by atoms with Crippen LogP contribution in [0.4, 0.5) is 13.2 Å². The molecule has 2 heterocycles. The van der Waals surface area contributed by atoms with E-state index >= 15 is 0 Å². The number of nitrogens with zero attached hydrogens (tertiary/aromatic N) is 2. The van der Waals surface area contributed by atoms with Gasteiger partial charge >= 0.3 is 6.18 Å². The highest BCUT2D eigenvalue weighted by molar-refractivity contribution is 5.92. The first-order chi connectivity index (χ1) is 11.8. The normalized spacial score (nSPS) is 20.8. The highest BCUT2D eigenvalue weighted by Crippen LogP contribution is 2.36. The van der Waals surface area contributed by atoms with E-state index in [1.54, 1.807) is 31.2 Å². The van der Waals surface area contributed by atoms with Gasteiger partial charge in [0.05, 0.1) is 17.7 Å². The lowest BCUT2D eigenvalue weighted by Crippen LogP contribution is -2.32. The Morgan fingerprint density at radius 2 is 1.96 bits per heavy atom. The van der Waals surface area contributed by atoms with Crippen molar-refractivity contribution in [3.8, 4) is 0 Å². The van der Waals surface area contributed by atoms with Crippen LogP contribution in [0.2, 0.25) is 0 Å².